The van der Waals surface area contributed by atoms with Crippen LogP contribution in [0.4, 0.5) is 5.82 Å². The van der Waals surface area contributed by atoms with Crippen molar-refractivity contribution in [2.45, 2.75) is 91.9 Å². The molecule has 4 heterocycles. The van der Waals surface area contributed by atoms with Gasteiger partial charge in [-0.3, -0.25) is 0 Å². The number of hydrogen-bond acceptors (Lipinski definition) is 6. The number of halogens is 1. The van der Waals surface area contributed by atoms with E-state index < -0.39 is 0 Å². The average Bonchev–Trinajstić information content (AvgIpc) is 2.89. The Morgan fingerprint density at radius 3 is 1.64 bits per heavy atom. The molecule has 0 bridgehead atoms. The number of hydrogen-bond donors (Lipinski definition) is 1. The summed E-state index contributed by atoms with van der Waals surface area (Å²) in [4.78, 5) is 11.2. The van der Waals surface area contributed by atoms with Gasteiger partial charge in [0.15, 0.2) is 0 Å². The van der Waals surface area contributed by atoms with Gasteiger partial charge in [-0.05, 0) is 74.9 Å². The van der Waals surface area contributed by atoms with Gasteiger partial charge in [0.05, 0.1) is 11.1 Å². The minimum Gasteiger partial charge on any atom is -0.355 e. The largest absolute Gasteiger partial charge is 0.355 e. The molecular formula is C32H47ClN6. The van der Waals surface area contributed by atoms with Gasteiger partial charge in [0.2, 0.25) is 0 Å². The first-order valence-corrected chi connectivity index (χ1v) is 14.6. The van der Waals surface area contributed by atoms with E-state index in [2.05, 4.69) is 76.7 Å². The van der Waals surface area contributed by atoms with E-state index >= 15 is 0 Å². The minimum absolute atomic E-state index is 0.0197. The predicted octanol–water partition coefficient (Wildman–Crippen LogP) is 7.40. The van der Waals surface area contributed by atoms with E-state index in [0.29, 0.717) is 11.1 Å². The molecule has 39 heavy (non-hydrogen) atoms. The second kappa shape index (κ2) is 14.6. The molecule has 0 saturated carbocycles. The molecule has 2 aliphatic rings. The van der Waals surface area contributed by atoms with Crippen LogP contribution in [-0.4, -0.2) is 36.1 Å². The van der Waals surface area contributed by atoms with E-state index in [1.807, 2.05) is 24.3 Å². The monoisotopic (exact) mass is 550 g/mol. The maximum absolute atomic E-state index is 9.28. The first kappa shape index (κ1) is 32.5. The van der Waals surface area contributed by atoms with Gasteiger partial charge in [-0.2, -0.15) is 10.5 Å². The van der Waals surface area contributed by atoms with Gasteiger partial charge in [-0.25, -0.2) is 9.97 Å². The lowest BCUT2D eigenvalue weighted by Gasteiger charge is -2.32. The van der Waals surface area contributed by atoms with Crippen LogP contribution in [0, 0.1) is 34.5 Å². The number of pyridine rings is 2. The summed E-state index contributed by atoms with van der Waals surface area (Å²) < 4.78 is 0. The van der Waals surface area contributed by atoms with Crippen LogP contribution in [0.5, 0.6) is 0 Å². The molecular weight excluding hydrogens is 504 g/mol. The lowest BCUT2D eigenvalue weighted by Crippen LogP contribution is -2.34. The van der Waals surface area contributed by atoms with E-state index in [9.17, 15) is 5.26 Å². The van der Waals surface area contributed by atoms with Crippen LogP contribution in [0.25, 0.3) is 0 Å². The molecule has 0 spiro atoms. The SMILES string of the molecule is CC(C)(C)c1ccc(C#N)c(Cl)n1.CC1CCN(c2nc(C(C)(C)C)ccc2C#N)CC1.CC1CCNCC1. The Hall–Kier alpha value is -2.67. The van der Waals surface area contributed by atoms with Crippen molar-refractivity contribution in [3.63, 3.8) is 0 Å². The van der Waals surface area contributed by atoms with Crippen LogP contribution in [0.3, 0.4) is 0 Å². The maximum atomic E-state index is 9.28. The fourth-order valence-electron chi connectivity index (χ4n) is 4.32. The molecule has 0 unspecified atom stereocenters. The third-order valence-corrected chi connectivity index (χ3v) is 7.50. The second-order valence-electron chi connectivity index (χ2n) is 12.9. The molecule has 0 aromatic carbocycles. The van der Waals surface area contributed by atoms with Gasteiger partial charge in [0.1, 0.15) is 23.1 Å². The highest BCUT2D eigenvalue weighted by molar-refractivity contribution is 6.30. The van der Waals surface area contributed by atoms with Gasteiger partial charge in [-0.15, -0.1) is 0 Å². The zero-order valence-corrected chi connectivity index (χ0v) is 26.0. The second-order valence-corrected chi connectivity index (χ2v) is 13.3. The molecule has 0 atom stereocenters. The quantitative estimate of drug-likeness (QED) is 0.372. The molecule has 2 aromatic rings. The van der Waals surface area contributed by atoms with Gasteiger partial charge >= 0.3 is 0 Å². The summed E-state index contributed by atoms with van der Waals surface area (Å²) in [7, 11) is 0. The predicted molar refractivity (Wildman–Crippen MR) is 162 cm³/mol. The van der Waals surface area contributed by atoms with Crippen molar-refractivity contribution in [1.82, 2.24) is 15.3 Å². The Morgan fingerprint density at radius 1 is 0.769 bits per heavy atom. The van der Waals surface area contributed by atoms with Crippen molar-refractivity contribution in [2.24, 2.45) is 11.8 Å². The lowest BCUT2D eigenvalue weighted by molar-refractivity contribution is 0.402. The van der Waals surface area contributed by atoms with Crippen LogP contribution in [0.2, 0.25) is 5.15 Å². The summed E-state index contributed by atoms with van der Waals surface area (Å²) in [5.41, 5.74) is 3.07. The van der Waals surface area contributed by atoms with Crippen molar-refractivity contribution in [3.05, 3.63) is 51.9 Å². The number of anilines is 1. The fourth-order valence-corrected chi connectivity index (χ4v) is 4.51. The number of nitrogens with zero attached hydrogens (tertiary/aromatic N) is 5. The average molecular weight is 551 g/mol. The van der Waals surface area contributed by atoms with E-state index in [0.717, 1.165) is 42.1 Å². The standard InChI is InChI=1S/C16H23N3.C10H11ClN2.C6H13N/c1-12-7-9-19(10-8-12)15-13(11-17)5-6-14(18-15)16(2,3)4;1-10(2,3)8-5-4-7(6-12)9(11)13-8;1-6-2-4-7-5-3-6/h5-6,12H,7-10H2,1-4H3;4-5H,1-3H3;6-7H,2-5H2,1H3. The minimum atomic E-state index is -0.0301. The molecule has 0 amide bonds. The molecule has 6 nitrogen and oxygen atoms in total. The molecule has 1 N–H and O–H groups in total. The van der Waals surface area contributed by atoms with Crippen molar-refractivity contribution in [3.8, 4) is 12.1 Å². The Bertz CT molecular complexity index is 1140. The molecule has 2 fully saturated rings. The molecule has 2 aliphatic heterocycles. The molecule has 2 saturated heterocycles. The smallest absolute Gasteiger partial charge is 0.147 e. The molecule has 7 heteroatoms. The van der Waals surface area contributed by atoms with Crippen LogP contribution >= 0.6 is 11.6 Å². The summed E-state index contributed by atoms with van der Waals surface area (Å²) in [5.74, 6) is 2.63. The summed E-state index contributed by atoms with van der Waals surface area (Å²) >= 11 is 5.80. The highest BCUT2D eigenvalue weighted by Crippen LogP contribution is 2.28. The zero-order valence-electron chi connectivity index (χ0n) is 25.2. The molecule has 212 valence electrons. The van der Waals surface area contributed by atoms with E-state index in [1.165, 1.54) is 38.8 Å². The van der Waals surface area contributed by atoms with Crippen LogP contribution in [0.15, 0.2) is 24.3 Å². The molecule has 4 rings (SSSR count). The third kappa shape index (κ3) is 10.4. The Labute approximate surface area is 241 Å². The number of aromatic nitrogens is 2. The topological polar surface area (TPSA) is 88.6 Å². The molecule has 0 aliphatic carbocycles. The van der Waals surface area contributed by atoms with Crippen LogP contribution < -0.4 is 10.2 Å². The Balaban J connectivity index is 0.000000229. The first-order chi connectivity index (χ1) is 18.3. The van der Waals surface area contributed by atoms with Crippen molar-refractivity contribution < 1.29 is 0 Å². The van der Waals surface area contributed by atoms with Crippen molar-refractivity contribution >= 4 is 17.4 Å². The zero-order chi connectivity index (χ0) is 29.2. The van der Waals surface area contributed by atoms with E-state index in [4.69, 9.17) is 21.8 Å². The Kier molecular flexibility index (Phi) is 12.2. The van der Waals surface area contributed by atoms with Gasteiger partial charge in [0.25, 0.3) is 0 Å². The van der Waals surface area contributed by atoms with E-state index in [1.54, 1.807) is 6.07 Å². The fraction of sp³-hybridized carbons (Fsp3) is 0.625. The highest BCUT2D eigenvalue weighted by atomic mass is 35.5. The van der Waals surface area contributed by atoms with Crippen molar-refractivity contribution in [2.75, 3.05) is 31.1 Å². The van der Waals surface area contributed by atoms with Crippen LogP contribution in [0.1, 0.15) is 104 Å². The van der Waals surface area contributed by atoms with Crippen LogP contribution in [-0.2, 0) is 10.8 Å². The maximum Gasteiger partial charge on any atom is 0.147 e. The van der Waals surface area contributed by atoms with Gasteiger partial charge in [-0.1, -0.05) is 67.0 Å². The molecule has 0 radical (unpaired) electrons. The van der Waals surface area contributed by atoms with Crippen molar-refractivity contribution in [1.29, 1.82) is 10.5 Å². The number of nitriles is 2. The Morgan fingerprint density at radius 2 is 1.23 bits per heavy atom. The third-order valence-electron chi connectivity index (χ3n) is 7.21. The summed E-state index contributed by atoms with van der Waals surface area (Å²) in [6, 6.07) is 11.7. The summed E-state index contributed by atoms with van der Waals surface area (Å²) in [5, 5.41) is 21.5. The first-order valence-electron chi connectivity index (χ1n) is 14.2. The van der Waals surface area contributed by atoms with E-state index in [-0.39, 0.29) is 16.0 Å². The normalized spacial score (nSPS) is 16.6. The molecule has 2 aromatic heterocycles. The lowest BCUT2D eigenvalue weighted by atomic mass is 9.91. The highest BCUT2D eigenvalue weighted by Gasteiger charge is 2.23. The number of rotatable bonds is 1. The summed E-state index contributed by atoms with van der Waals surface area (Å²) in [6.45, 7) is 21.7. The number of piperidine rings is 2. The number of nitrogens with one attached hydrogen (secondary N) is 1. The summed E-state index contributed by atoms with van der Waals surface area (Å²) in [6.07, 6.45) is 5.12. The van der Waals surface area contributed by atoms with Gasteiger partial charge in [0, 0.05) is 35.3 Å². The van der Waals surface area contributed by atoms with Gasteiger partial charge < -0.3 is 10.2 Å².